The highest BCUT2D eigenvalue weighted by Gasteiger charge is 2.24. The van der Waals surface area contributed by atoms with E-state index in [9.17, 15) is 9.59 Å². The molecule has 6 nitrogen and oxygen atoms in total. The van der Waals surface area contributed by atoms with Crippen LogP contribution in [0.25, 0.3) is 0 Å². The normalized spacial score (nSPS) is 14.0. The van der Waals surface area contributed by atoms with Crippen LogP contribution in [0.1, 0.15) is 26.3 Å². The average Bonchev–Trinajstić information content (AvgIpc) is 2.88. The lowest BCUT2D eigenvalue weighted by molar-refractivity contribution is 0.0639. The maximum absolute atomic E-state index is 13.2. The molecular formula is C27H29N3O3. The van der Waals surface area contributed by atoms with Gasteiger partial charge >= 0.3 is 0 Å². The number of anilines is 1. The van der Waals surface area contributed by atoms with Gasteiger partial charge in [-0.2, -0.15) is 0 Å². The van der Waals surface area contributed by atoms with E-state index in [-0.39, 0.29) is 11.8 Å². The van der Waals surface area contributed by atoms with E-state index in [1.807, 2.05) is 23.1 Å². The first-order chi connectivity index (χ1) is 16.1. The highest BCUT2D eigenvalue weighted by atomic mass is 16.5. The second-order valence-corrected chi connectivity index (χ2v) is 8.10. The number of methoxy groups -OCH3 is 1. The lowest BCUT2D eigenvalue weighted by atomic mass is 10.1. The van der Waals surface area contributed by atoms with Crippen molar-refractivity contribution in [1.82, 2.24) is 9.80 Å². The van der Waals surface area contributed by atoms with Crippen LogP contribution in [0.2, 0.25) is 0 Å². The number of rotatable bonds is 7. The second-order valence-electron chi connectivity index (χ2n) is 8.10. The summed E-state index contributed by atoms with van der Waals surface area (Å²) in [7, 11) is 1.58. The van der Waals surface area contributed by atoms with E-state index in [2.05, 4.69) is 34.5 Å². The smallest absolute Gasteiger partial charge is 0.256 e. The minimum absolute atomic E-state index is 0.0525. The van der Waals surface area contributed by atoms with Crippen molar-refractivity contribution in [2.45, 2.75) is 6.42 Å². The zero-order valence-electron chi connectivity index (χ0n) is 18.9. The van der Waals surface area contributed by atoms with Crippen LogP contribution in [-0.4, -0.2) is 61.4 Å². The molecule has 1 fully saturated rings. The highest BCUT2D eigenvalue weighted by Crippen LogP contribution is 2.20. The Kier molecular flexibility index (Phi) is 7.37. The van der Waals surface area contributed by atoms with E-state index < -0.39 is 0 Å². The van der Waals surface area contributed by atoms with Crippen molar-refractivity contribution >= 4 is 17.5 Å². The Morgan fingerprint density at radius 1 is 0.848 bits per heavy atom. The van der Waals surface area contributed by atoms with Crippen molar-refractivity contribution < 1.29 is 14.3 Å². The molecule has 1 aliphatic heterocycles. The first kappa shape index (κ1) is 22.6. The summed E-state index contributed by atoms with van der Waals surface area (Å²) in [5.74, 6) is 0.372. The molecule has 2 amide bonds. The highest BCUT2D eigenvalue weighted by molar-refractivity contribution is 6.09. The van der Waals surface area contributed by atoms with Crippen LogP contribution >= 0.6 is 0 Å². The zero-order chi connectivity index (χ0) is 23.0. The number of hydrogen-bond acceptors (Lipinski definition) is 4. The Morgan fingerprint density at radius 3 is 2.21 bits per heavy atom. The van der Waals surface area contributed by atoms with Crippen molar-refractivity contribution in [2.75, 3.05) is 45.2 Å². The van der Waals surface area contributed by atoms with Gasteiger partial charge in [0.2, 0.25) is 0 Å². The topological polar surface area (TPSA) is 61.9 Å². The molecule has 0 aliphatic carbocycles. The first-order valence-electron chi connectivity index (χ1n) is 11.2. The number of nitrogens with one attached hydrogen (secondary N) is 1. The third kappa shape index (κ3) is 5.79. The third-order valence-electron chi connectivity index (χ3n) is 5.98. The van der Waals surface area contributed by atoms with Crippen LogP contribution in [0, 0.1) is 0 Å². The number of nitrogens with zero attached hydrogens (tertiary/aromatic N) is 2. The van der Waals surface area contributed by atoms with E-state index in [0.29, 0.717) is 35.7 Å². The fourth-order valence-corrected chi connectivity index (χ4v) is 3.99. The molecule has 1 heterocycles. The monoisotopic (exact) mass is 443 g/mol. The van der Waals surface area contributed by atoms with E-state index in [1.54, 1.807) is 43.5 Å². The van der Waals surface area contributed by atoms with Crippen LogP contribution < -0.4 is 10.1 Å². The summed E-state index contributed by atoms with van der Waals surface area (Å²) in [5.41, 5.74) is 2.87. The number of carbonyl (C=O) groups excluding carboxylic acids is 2. The van der Waals surface area contributed by atoms with Gasteiger partial charge in [-0.3, -0.25) is 14.5 Å². The van der Waals surface area contributed by atoms with Crippen LogP contribution in [0.4, 0.5) is 5.69 Å². The standard InChI is InChI=1S/C27H29N3O3/c1-33-23-13-11-22(12-14-23)26(31)28-25-10-6-5-9-24(25)27(32)30-19-17-29(18-20-30)16-15-21-7-3-2-4-8-21/h2-14H,15-20H2,1H3,(H,28,31). The quantitative estimate of drug-likeness (QED) is 0.601. The van der Waals surface area contributed by atoms with Crippen LogP contribution in [0.3, 0.4) is 0 Å². The van der Waals surface area contributed by atoms with Gasteiger partial charge in [0.05, 0.1) is 18.4 Å². The Hall–Kier alpha value is -3.64. The van der Waals surface area contributed by atoms with Crippen LogP contribution in [0.5, 0.6) is 5.75 Å². The molecule has 0 spiro atoms. The van der Waals surface area contributed by atoms with E-state index in [0.717, 1.165) is 26.1 Å². The Morgan fingerprint density at radius 2 is 1.52 bits per heavy atom. The van der Waals surface area contributed by atoms with Crippen molar-refractivity contribution in [1.29, 1.82) is 0 Å². The van der Waals surface area contributed by atoms with Gasteiger partial charge in [-0.1, -0.05) is 42.5 Å². The molecular weight excluding hydrogens is 414 g/mol. The summed E-state index contributed by atoms with van der Waals surface area (Å²) in [4.78, 5) is 30.2. The summed E-state index contributed by atoms with van der Waals surface area (Å²) < 4.78 is 5.14. The van der Waals surface area contributed by atoms with Crippen LogP contribution in [-0.2, 0) is 6.42 Å². The zero-order valence-corrected chi connectivity index (χ0v) is 18.9. The minimum atomic E-state index is -0.261. The fourth-order valence-electron chi connectivity index (χ4n) is 3.99. The fraction of sp³-hybridized carbons (Fsp3) is 0.259. The molecule has 0 bridgehead atoms. The molecule has 0 radical (unpaired) electrons. The SMILES string of the molecule is COc1ccc(C(=O)Nc2ccccc2C(=O)N2CCN(CCc3ccccc3)CC2)cc1. The number of carbonyl (C=O) groups is 2. The first-order valence-corrected chi connectivity index (χ1v) is 11.2. The number of hydrogen-bond donors (Lipinski definition) is 1. The molecule has 0 aromatic heterocycles. The summed E-state index contributed by atoms with van der Waals surface area (Å²) >= 11 is 0. The van der Waals surface area contributed by atoms with Gasteiger partial charge in [0, 0.05) is 38.3 Å². The molecule has 0 saturated carbocycles. The number of ether oxygens (including phenoxy) is 1. The summed E-state index contributed by atoms with van der Waals surface area (Å²) in [6.07, 6.45) is 1.01. The lowest BCUT2D eigenvalue weighted by Gasteiger charge is -2.35. The Bertz CT molecular complexity index is 1080. The number of benzene rings is 3. The Labute approximate surface area is 194 Å². The molecule has 1 aliphatic rings. The minimum Gasteiger partial charge on any atom is -0.497 e. The molecule has 170 valence electrons. The van der Waals surface area contributed by atoms with Crippen molar-refractivity contribution in [2.24, 2.45) is 0 Å². The molecule has 1 saturated heterocycles. The second kappa shape index (κ2) is 10.8. The van der Waals surface area contributed by atoms with E-state index >= 15 is 0 Å². The summed E-state index contributed by atoms with van der Waals surface area (Å²) in [6, 6.07) is 24.5. The van der Waals surface area contributed by atoms with Crippen molar-refractivity contribution in [3.63, 3.8) is 0 Å². The van der Waals surface area contributed by atoms with E-state index in [1.165, 1.54) is 5.56 Å². The molecule has 0 atom stereocenters. The van der Waals surface area contributed by atoms with E-state index in [4.69, 9.17) is 4.74 Å². The molecule has 4 rings (SSSR count). The van der Waals surface area contributed by atoms with Gasteiger partial charge in [0.25, 0.3) is 11.8 Å². The summed E-state index contributed by atoms with van der Waals surface area (Å²) in [5, 5.41) is 2.89. The average molecular weight is 444 g/mol. The molecule has 3 aromatic rings. The number of piperazine rings is 1. The van der Waals surface area contributed by atoms with Gasteiger partial charge in [0.1, 0.15) is 5.75 Å². The van der Waals surface area contributed by atoms with Gasteiger partial charge in [-0.25, -0.2) is 0 Å². The predicted octanol–water partition coefficient (Wildman–Crippen LogP) is 3.95. The number of para-hydroxylation sites is 1. The Balaban J connectivity index is 1.35. The van der Waals surface area contributed by atoms with Gasteiger partial charge in [0.15, 0.2) is 0 Å². The maximum Gasteiger partial charge on any atom is 0.256 e. The molecule has 6 heteroatoms. The summed E-state index contributed by atoms with van der Waals surface area (Å²) in [6.45, 7) is 4.03. The van der Waals surface area contributed by atoms with Gasteiger partial charge in [-0.15, -0.1) is 0 Å². The third-order valence-corrected chi connectivity index (χ3v) is 5.98. The van der Waals surface area contributed by atoms with Crippen molar-refractivity contribution in [3.8, 4) is 5.75 Å². The molecule has 3 aromatic carbocycles. The molecule has 0 unspecified atom stereocenters. The predicted molar refractivity (Wildman–Crippen MR) is 130 cm³/mol. The maximum atomic E-state index is 13.2. The van der Waals surface area contributed by atoms with Crippen LogP contribution in [0.15, 0.2) is 78.9 Å². The number of amides is 2. The van der Waals surface area contributed by atoms with Crippen molar-refractivity contribution in [3.05, 3.63) is 95.6 Å². The van der Waals surface area contributed by atoms with Gasteiger partial charge in [-0.05, 0) is 48.4 Å². The largest absolute Gasteiger partial charge is 0.497 e. The lowest BCUT2D eigenvalue weighted by Crippen LogP contribution is -2.49. The molecule has 1 N–H and O–H groups in total. The molecule has 33 heavy (non-hydrogen) atoms. The van der Waals surface area contributed by atoms with Gasteiger partial charge < -0.3 is 15.0 Å².